The number of hydrogen-bond donors (Lipinski definition) is 1. The SMILES string of the molecule is CCOC(=O)C(C)CN1CCN(CC(C)(C)O)CC1. The highest BCUT2D eigenvalue weighted by atomic mass is 16.5. The van der Waals surface area contributed by atoms with Gasteiger partial charge in [-0.1, -0.05) is 6.92 Å². The van der Waals surface area contributed by atoms with Crippen LogP contribution in [0.1, 0.15) is 27.7 Å². The molecule has 0 aromatic rings. The van der Waals surface area contributed by atoms with Gasteiger partial charge in [-0.05, 0) is 20.8 Å². The summed E-state index contributed by atoms with van der Waals surface area (Å²) in [5, 5.41) is 9.80. The second kappa shape index (κ2) is 7.22. The molecule has 1 N–H and O–H groups in total. The van der Waals surface area contributed by atoms with E-state index in [1.807, 2.05) is 27.7 Å². The summed E-state index contributed by atoms with van der Waals surface area (Å²) in [4.78, 5) is 16.1. The minimum Gasteiger partial charge on any atom is -0.466 e. The van der Waals surface area contributed by atoms with Gasteiger partial charge in [-0.25, -0.2) is 0 Å². The molecule has 1 atom stereocenters. The maximum Gasteiger partial charge on any atom is 0.309 e. The lowest BCUT2D eigenvalue weighted by molar-refractivity contribution is -0.148. The van der Waals surface area contributed by atoms with Crippen LogP contribution in [0.4, 0.5) is 0 Å². The minimum absolute atomic E-state index is 0.0687. The Morgan fingerprint density at radius 1 is 1.26 bits per heavy atom. The normalized spacial score (nSPS) is 20.3. The largest absolute Gasteiger partial charge is 0.466 e. The molecule has 19 heavy (non-hydrogen) atoms. The molecule has 0 saturated carbocycles. The predicted molar refractivity (Wildman–Crippen MR) is 75.0 cm³/mol. The first-order valence-corrected chi connectivity index (χ1v) is 7.15. The van der Waals surface area contributed by atoms with E-state index in [2.05, 4.69) is 9.80 Å². The van der Waals surface area contributed by atoms with Crippen molar-refractivity contribution in [2.75, 3.05) is 45.9 Å². The predicted octanol–water partition coefficient (Wildman–Crippen LogP) is 0.574. The lowest BCUT2D eigenvalue weighted by Crippen LogP contribution is -2.51. The fourth-order valence-corrected chi connectivity index (χ4v) is 2.42. The smallest absolute Gasteiger partial charge is 0.309 e. The summed E-state index contributed by atoms with van der Waals surface area (Å²) in [6.07, 6.45) is 0. The Morgan fingerprint density at radius 2 is 1.79 bits per heavy atom. The maximum atomic E-state index is 11.6. The summed E-state index contributed by atoms with van der Waals surface area (Å²) in [5.41, 5.74) is -0.638. The van der Waals surface area contributed by atoms with Crippen LogP contribution in [0.3, 0.4) is 0 Å². The molecule has 1 aliphatic rings. The zero-order valence-electron chi connectivity index (χ0n) is 12.7. The average molecular weight is 272 g/mol. The molecule has 0 aromatic carbocycles. The van der Waals surface area contributed by atoms with Gasteiger partial charge in [0.15, 0.2) is 0 Å². The van der Waals surface area contributed by atoms with Crippen molar-refractivity contribution in [3.05, 3.63) is 0 Å². The minimum atomic E-state index is -0.638. The summed E-state index contributed by atoms with van der Waals surface area (Å²) < 4.78 is 5.02. The van der Waals surface area contributed by atoms with Crippen molar-refractivity contribution in [1.29, 1.82) is 0 Å². The molecule has 1 saturated heterocycles. The van der Waals surface area contributed by atoms with E-state index in [1.54, 1.807) is 0 Å². The van der Waals surface area contributed by atoms with Crippen LogP contribution in [0, 0.1) is 5.92 Å². The van der Waals surface area contributed by atoms with E-state index in [1.165, 1.54) is 0 Å². The van der Waals surface area contributed by atoms with Crippen molar-refractivity contribution in [3.8, 4) is 0 Å². The van der Waals surface area contributed by atoms with Crippen LogP contribution >= 0.6 is 0 Å². The van der Waals surface area contributed by atoms with Crippen LogP contribution in [-0.4, -0.2) is 72.4 Å². The van der Waals surface area contributed by atoms with Gasteiger partial charge in [-0.3, -0.25) is 14.6 Å². The van der Waals surface area contributed by atoms with Gasteiger partial charge in [0.25, 0.3) is 0 Å². The topological polar surface area (TPSA) is 53.0 Å². The number of carbonyl (C=O) groups excluding carboxylic acids is 1. The summed E-state index contributed by atoms with van der Waals surface area (Å²) >= 11 is 0. The Morgan fingerprint density at radius 3 is 2.26 bits per heavy atom. The molecule has 1 unspecified atom stereocenters. The molecule has 0 amide bonds. The first-order valence-electron chi connectivity index (χ1n) is 7.15. The molecule has 1 fully saturated rings. The Kier molecular flexibility index (Phi) is 6.23. The molecule has 112 valence electrons. The van der Waals surface area contributed by atoms with Crippen LogP contribution in [0.2, 0.25) is 0 Å². The lowest BCUT2D eigenvalue weighted by atomic mass is 10.1. The summed E-state index contributed by atoms with van der Waals surface area (Å²) in [5.74, 6) is -0.179. The Hall–Kier alpha value is -0.650. The number of ether oxygens (including phenoxy) is 1. The van der Waals surface area contributed by atoms with Crippen LogP contribution in [0.5, 0.6) is 0 Å². The molecule has 0 spiro atoms. The van der Waals surface area contributed by atoms with Gasteiger partial charge in [0.2, 0.25) is 0 Å². The molecule has 5 heteroatoms. The van der Waals surface area contributed by atoms with E-state index in [9.17, 15) is 9.90 Å². The number of nitrogens with zero attached hydrogens (tertiary/aromatic N) is 2. The Bertz CT molecular complexity index is 281. The van der Waals surface area contributed by atoms with Crippen molar-refractivity contribution in [3.63, 3.8) is 0 Å². The fourth-order valence-electron chi connectivity index (χ4n) is 2.42. The van der Waals surface area contributed by atoms with Crippen molar-refractivity contribution in [2.24, 2.45) is 5.92 Å². The first-order chi connectivity index (χ1) is 8.81. The molecule has 0 radical (unpaired) electrons. The third kappa shape index (κ3) is 6.36. The van der Waals surface area contributed by atoms with Crippen molar-refractivity contribution in [1.82, 2.24) is 9.80 Å². The maximum absolute atomic E-state index is 11.6. The number of β-amino-alcohol motifs (C(OH)–C–C–N with tert-alkyl or cyclic N) is 1. The second-order valence-electron chi connectivity index (χ2n) is 6.04. The number of piperazine rings is 1. The first kappa shape index (κ1) is 16.4. The van der Waals surface area contributed by atoms with Gasteiger partial charge in [-0.2, -0.15) is 0 Å². The van der Waals surface area contributed by atoms with Crippen molar-refractivity contribution in [2.45, 2.75) is 33.3 Å². The highest BCUT2D eigenvalue weighted by Crippen LogP contribution is 2.10. The number of carbonyl (C=O) groups is 1. The van der Waals surface area contributed by atoms with E-state index in [4.69, 9.17) is 4.74 Å². The second-order valence-corrected chi connectivity index (χ2v) is 6.04. The zero-order chi connectivity index (χ0) is 14.5. The number of aliphatic hydroxyl groups is 1. The van der Waals surface area contributed by atoms with Crippen molar-refractivity contribution < 1.29 is 14.6 Å². The zero-order valence-corrected chi connectivity index (χ0v) is 12.7. The molecular weight excluding hydrogens is 244 g/mol. The Balaban J connectivity index is 2.28. The van der Waals surface area contributed by atoms with Crippen LogP contribution in [0.15, 0.2) is 0 Å². The third-order valence-corrected chi connectivity index (χ3v) is 3.30. The average Bonchev–Trinajstić information content (AvgIpc) is 2.30. The van der Waals surface area contributed by atoms with Gasteiger partial charge in [0, 0.05) is 39.3 Å². The molecule has 0 aliphatic carbocycles. The molecule has 1 heterocycles. The van der Waals surface area contributed by atoms with Crippen LogP contribution in [0.25, 0.3) is 0 Å². The monoisotopic (exact) mass is 272 g/mol. The number of hydrogen-bond acceptors (Lipinski definition) is 5. The van der Waals surface area contributed by atoms with E-state index < -0.39 is 5.60 Å². The van der Waals surface area contributed by atoms with Crippen LogP contribution in [-0.2, 0) is 9.53 Å². The van der Waals surface area contributed by atoms with E-state index in [0.29, 0.717) is 13.2 Å². The van der Waals surface area contributed by atoms with Crippen LogP contribution < -0.4 is 0 Å². The molecule has 1 rings (SSSR count). The Labute approximate surface area is 116 Å². The molecule has 5 nitrogen and oxygen atoms in total. The number of rotatable bonds is 6. The van der Waals surface area contributed by atoms with E-state index >= 15 is 0 Å². The molecule has 0 bridgehead atoms. The quantitative estimate of drug-likeness (QED) is 0.717. The van der Waals surface area contributed by atoms with Gasteiger partial charge >= 0.3 is 5.97 Å². The van der Waals surface area contributed by atoms with Crippen molar-refractivity contribution >= 4 is 5.97 Å². The summed E-state index contributed by atoms with van der Waals surface area (Å²) in [7, 11) is 0. The van der Waals surface area contributed by atoms with E-state index in [-0.39, 0.29) is 11.9 Å². The highest BCUT2D eigenvalue weighted by Gasteiger charge is 2.25. The van der Waals surface area contributed by atoms with Gasteiger partial charge in [0.1, 0.15) is 0 Å². The number of esters is 1. The fraction of sp³-hybridized carbons (Fsp3) is 0.929. The molecule has 0 aromatic heterocycles. The van der Waals surface area contributed by atoms with E-state index in [0.717, 1.165) is 32.7 Å². The standard InChI is InChI=1S/C14H28N2O3/c1-5-19-13(17)12(2)10-15-6-8-16(9-7-15)11-14(3,4)18/h12,18H,5-11H2,1-4H3. The summed E-state index contributed by atoms with van der Waals surface area (Å²) in [6, 6.07) is 0. The third-order valence-electron chi connectivity index (χ3n) is 3.30. The molecule has 1 aliphatic heterocycles. The highest BCUT2D eigenvalue weighted by molar-refractivity contribution is 5.72. The van der Waals surface area contributed by atoms with Gasteiger partial charge < -0.3 is 9.84 Å². The summed E-state index contributed by atoms with van der Waals surface area (Å²) in [6.45, 7) is 13.1. The lowest BCUT2D eigenvalue weighted by Gasteiger charge is -2.37. The molecular formula is C14H28N2O3. The van der Waals surface area contributed by atoms with Gasteiger partial charge in [0.05, 0.1) is 18.1 Å². The van der Waals surface area contributed by atoms with Gasteiger partial charge in [-0.15, -0.1) is 0 Å².